The molecule has 1 fully saturated rings. The molecule has 6 nitrogen and oxygen atoms in total. The van der Waals surface area contributed by atoms with Crippen LogP contribution in [-0.4, -0.2) is 26.0 Å². The maximum absolute atomic E-state index is 13.0. The van der Waals surface area contributed by atoms with E-state index < -0.39 is 5.41 Å². The Hall–Kier alpha value is -3.09. The zero-order valence-electron chi connectivity index (χ0n) is 15.2. The Bertz CT molecular complexity index is 848. The Balaban J connectivity index is 1.67. The first-order valence-electron chi connectivity index (χ1n) is 8.55. The molecule has 0 spiro atoms. The van der Waals surface area contributed by atoms with Crippen molar-refractivity contribution in [1.82, 2.24) is 5.32 Å². The second-order valence-electron chi connectivity index (χ2n) is 6.41. The van der Waals surface area contributed by atoms with Gasteiger partial charge in [-0.25, -0.2) is 4.39 Å². The molecule has 2 N–H and O–H groups in total. The molecular weight excluding hydrogens is 351 g/mol. The molecule has 1 aliphatic rings. The van der Waals surface area contributed by atoms with Gasteiger partial charge < -0.3 is 20.1 Å². The summed E-state index contributed by atoms with van der Waals surface area (Å²) in [5, 5.41) is 5.53. The van der Waals surface area contributed by atoms with Crippen LogP contribution >= 0.6 is 0 Å². The average Bonchev–Trinajstić information content (AvgIpc) is 3.49. The highest BCUT2D eigenvalue weighted by atomic mass is 19.1. The molecule has 2 aromatic rings. The number of benzene rings is 2. The Kier molecular flexibility index (Phi) is 5.30. The van der Waals surface area contributed by atoms with Crippen molar-refractivity contribution in [2.24, 2.45) is 5.41 Å². The molecule has 0 unspecified atom stereocenters. The summed E-state index contributed by atoms with van der Waals surface area (Å²) < 4.78 is 23.4. The number of ether oxygens (including phenoxy) is 2. The number of hydrogen-bond acceptors (Lipinski definition) is 4. The Labute approximate surface area is 156 Å². The van der Waals surface area contributed by atoms with E-state index in [1.807, 2.05) is 0 Å². The molecule has 1 aliphatic carbocycles. The Morgan fingerprint density at radius 3 is 2.33 bits per heavy atom. The van der Waals surface area contributed by atoms with E-state index in [1.54, 1.807) is 30.3 Å². The molecule has 0 atom stereocenters. The predicted octanol–water partition coefficient (Wildman–Crippen LogP) is 2.88. The minimum Gasteiger partial charge on any atom is -0.497 e. The van der Waals surface area contributed by atoms with E-state index in [0.717, 1.165) is 5.56 Å². The number of rotatable bonds is 7. The first-order chi connectivity index (χ1) is 13.0. The number of carbonyl (C=O) groups is 2. The van der Waals surface area contributed by atoms with Gasteiger partial charge in [-0.05, 0) is 42.7 Å². The maximum Gasteiger partial charge on any atom is 0.240 e. The van der Waals surface area contributed by atoms with Gasteiger partial charge in [-0.15, -0.1) is 0 Å². The van der Waals surface area contributed by atoms with Gasteiger partial charge in [-0.1, -0.05) is 12.1 Å². The third-order valence-electron chi connectivity index (χ3n) is 4.64. The fourth-order valence-corrected chi connectivity index (χ4v) is 2.79. The number of hydrogen-bond donors (Lipinski definition) is 2. The van der Waals surface area contributed by atoms with E-state index >= 15 is 0 Å². The van der Waals surface area contributed by atoms with E-state index in [9.17, 15) is 14.0 Å². The van der Waals surface area contributed by atoms with E-state index in [0.29, 0.717) is 30.0 Å². The number of methoxy groups -OCH3 is 2. The van der Waals surface area contributed by atoms with Crippen LogP contribution in [0.5, 0.6) is 11.5 Å². The first kappa shape index (κ1) is 18.7. The summed E-state index contributed by atoms with van der Waals surface area (Å²) >= 11 is 0. The molecular formula is C20H21FN2O4. The largest absolute Gasteiger partial charge is 0.497 e. The molecule has 0 radical (unpaired) electrons. The molecule has 142 valence electrons. The van der Waals surface area contributed by atoms with Crippen LogP contribution in [-0.2, 0) is 16.1 Å². The van der Waals surface area contributed by atoms with Crippen LogP contribution in [0.3, 0.4) is 0 Å². The van der Waals surface area contributed by atoms with Gasteiger partial charge in [0, 0.05) is 12.6 Å². The lowest BCUT2D eigenvalue weighted by Gasteiger charge is -2.17. The zero-order chi connectivity index (χ0) is 19.4. The lowest BCUT2D eigenvalue weighted by atomic mass is 10.0. The first-order valence-corrected chi connectivity index (χ1v) is 8.55. The molecule has 27 heavy (non-hydrogen) atoms. The lowest BCUT2D eigenvalue weighted by Crippen LogP contribution is -2.39. The van der Waals surface area contributed by atoms with Gasteiger partial charge >= 0.3 is 0 Å². The molecule has 1 saturated carbocycles. The van der Waals surface area contributed by atoms with Gasteiger partial charge in [0.05, 0.1) is 19.9 Å². The van der Waals surface area contributed by atoms with Crippen molar-refractivity contribution in [2.75, 3.05) is 19.5 Å². The normalized spacial score (nSPS) is 14.2. The second kappa shape index (κ2) is 7.65. The van der Waals surface area contributed by atoms with Crippen molar-refractivity contribution in [3.63, 3.8) is 0 Å². The summed E-state index contributed by atoms with van der Waals surface area (Å²) in [6.07, 6.45) is 0.945. The summed E-state index contributed by atoms with van der Waals surface area (Å²) in [5.74, 6) is -0.0180. The van der Waals surface area contributed by atoms with Crippen molar-refractivity contribution in [1.29, 1.82) is 0 Å². The van der Waals surface area contributed by atoms with Gasteiger partial charge in [-0.2, -0.15) is 0 Å². The van der Waals surface area contributed by atoms with Crippen LogP contribution in [0.15, 0.2) is 42.5 Å². The zero-order valence-corrected chi connectivity index (χ0v) is 15.2. The highest BCUT2D eigenvalue weighted by Crippen LogP contribution is 2.47. The number of carbonyl (C=O) groups excluding carboxylic acids is 2. The highest BCUT2D eigenvalue weighted by Gasteiger charge is 2.56. The van der Waals surface area contributed by atoms with Crippen LogP contribution in [0.4, 0.5) is 10.1 Å². The summed E-state index contributed by atoms with van der Waals surface area (Å²) in [7, 11) is 3.03. The van der Waals surface area contributed by atoms with Gasteiger partial charge in [0.15, 0.2) is 0 Å². The molecule has 0 saturated heterocycles. The number of nitrogens with one attached hydrogen (secondary N) is 2. The fraction of sp³-hybridized carbons (Fsp3) is 0.300. The van der Waals surface area contributed by atoms with Gasteiger partial charge in [-0.3, -0.25) is 9.59 Å². The topological polar surface area (TPSA) is 76.7 Å². The Morgan fingerprint density at radius 2 is 1.74 bits per heavy atom. The summed E-state index contributed by atoms with van der Waals surface area (Å²) in [6, 6.07) is 10.9. The van der Waals surface area contributed by atoms with Crippen molar-refractivity contribution in [2.45, 2.75) is 19.4 Å². The van der Waals surface area contributed by atoms with Crippen molar-refractivity contribution in [3.05, 3.63) is 53.8 Å². The summed E-state index contributed by atoms with van der Waals surface area (Å²) in [4.78, 5) is 25.3. The van der Waals surface area contributed by atoms with Crippen LogP contribution in [0.1, 0.15) is 18.4 Å². The second-order valence-corrected chi connectivity index (χ2v) is 6.41. The van der Waals surface area contributed by atoms with E-state index in [1.165, 1.54) is 26.4 Å². The van der Waals surface area contributed by atoms with E-state index in [4.69, 9.17) is 9.47 Å². The molecule has 0 bridgehead atoms. The van der Waals surface area contributed by atoms with Crippen LogP contribution in [0.2, 0.25) is 0 Å². The Morgan fingerprint density at radius 1 is 1.04 bits per heavy atom. The van der Waals surface area contributed by atoms with E-state index in [2.05, 4.69) is 10.6 Å². The number of amides is 2. The van der Waals surface area contributed by atoms with Crippen LogP contribution in [0.25, 0.3) is 0 Å². The monoisotopic (exact) mass is 372 g/mol. The summed E-state index contributed by atoms with van der Waals surface area (Å²) in [6.45, 7) is 0.233. The molecule has 7 heteroatoms. The molecule has 0 heterocycles. The third-order valence-corrected chi connectivity index (χ3v) is 4.64. The highest BCUT2D eigenvalue weighted by molar-refractivity contribution is 6.13. The van der Waals surface area contributed by atoms with Gasteiger partial charge in [0.1, 0.15) is 22.7 Å². The van der Waals surface area contributed by atoms with Gasteiger partial charge in [0.2, 0.25) is 11.8 Å². The quantitative estimate of drug-likeness (QED) is 0.733. The average molecular weight is 372 g/mol. The van der Waals surface area contributed by atoms with Crippen molar-refractivity contribution in [3.8, 4) is 11.5 Å². The predicted molar refractivity (Wildman–Crippen MR) is 98.1 cm³/mol. The molecule has 0 aliphatic heterocycles. The SMILES string of the molecule is COc1ccc(OC)c(NC(=O)C2(C(=O)NCc3ccc(F)cc3)CC2)c1. The molecule has 2 amide bonds. The smallest absolute Gasteiger partial charge is 0.240 e. The third kappa shape index (κ3) is 4.02. The lowest BCUT2D eigenvalue weighted by molar-refractivity contribution is -0.134. The van der Waals surface area contributed by atoms with E-state index in [-0.39, 0.29) is 24.2 Å². The summed E-state index contributed by atoms with van der Waals surface area (Å²) in [5.41, 5.74) is 0.114. The molecule has 0 aromatic heterocycles. The molecule has 3 rings (SSSR count). The fourth-order valence-electron chi connectivity index (χ4n) is 2.79. The van der Waals surface area contributed by atoms with Crippen LogP contribution in [0, 0.1) is 11.2 Å². The number of halogens is 1. The molecule has 2 aromatic carbocycles. The standard InChI is InChI=1S/C20H21FN2O4/c1-26-15-7-8-17(27-2)16(11-15)23-19(25)20(9-10-20)18(24)22-12-13-3-5-14(21)6-4-13/h3-8,11H,9-10,12H2,1-2H3,(H,22,24)(H,23,25). The van der Waals surface area contributed by atoms with Crippen molar-refractivity contribution >= 4 is 17.5 Å². The van der Waals surface area contributed by atoms with Gasteiger partial charge in [0.25, 0.3) is 0 Å². The maximum atomic E-state index is 13.0. The van der Waals surface area contributed by atoms with Crippen LogP contribution < -0.4 is 20.1 Å². The number of anilines is 1. The minimum atomic E-state index is -1.09. The minimum absolute atomic E-state index is 0.233. The van der Waals surface area contributed by atoms with Crippen molar-refractivity contribution < 1.29 is 23.5 Å².